The Morgan fingerprint density at radius 3 is 2.15 bits per heavy atom. The lowest BCUT2D eigenvalue weighted by Crippen LogP contribution is -2.46. The van der Waals surface area contributed by atoms with E-state index in [2.05, 4.69) is 20.8 Å². The fraction of sp³-hybridized carbons (Fsp3) is 0.938. The summed E-state index contributed by atoms with van der Waals surface area (Å²) in [6, 6.07) is 0. The van der Waals surface area contributed by atoms with Gasteiger partial charge in [-0.2, -0.15) is 0 Å². The van der Waals surface area contributed by atoms with E-state index in [4.69, 9.17) is 9.78 Å². The maximum Gasteiger partial charge on any atom is 0.309 e. The van der Waals surface area contributed by atoms with Gasteiger partial charge in [-0.3, -0.25) is 4.79 Å². The van der Waals surface area contributed by atoms with Crippen molar-refractivity contribution in [2.75, 3.05) is 13.2 Å². The average molecular weight is 288 g/mol. The molecule has 4 heteroatoms. The van der Waals surface area contributed by atoms with E-state index in [0.717, 1.165) is 19.3 Å². The summed E-state index contributed by atoms with van der Waals surface area (Å²) in [7, 11) is 0. The molecular formula is C16H32O4. The molecule has 0 aliphatic carbocycles. The molecule has 1 N–H and O–H groups in total. The summed E-state index contributed by atoms with van der Waals surface area (Å²) in [6.07, 6.45) is 3.42. The zero-order chi connectivity index (χ0) is 15.8. The fourth-order valence-corrected chi connectivity index (χ4v) is 2.33. The summed E-state index contributed by atoms with van der Waals surface area (Å²) < 4.78 is 0. The Morgan fingerprint density at radius 2 is 1.70 bits per heavy atom. The minimum atomic E-state index is -0.823. The second kappa shape index (κ2) is 8.63. The van der Waals surface area contributed by atoms with Gasteiger partial charge in [-0.25, -0.2) is 9.78 Å². The van der Waals surface area contributed by atoms with Crippen LogP contribution < -0.4 is 0 Å². The first kappa shape index (κ1) is 19.4. The summed E-state index contributed by atoms with van der Waals surface area (Å²) in [5.74, 6) is -0.440. The zero-order valence-corrected chi connectivity index (χ0v) is 14.0. The molecule has 2 unspecified atom stereocenters. The lowest BCUT2D eigenvalue weighted by molar-refractivity contribution is -0.299. The molecule has 2 atom stereocenters. The van der Waals surface area contributed by atoms with Crippen molar-refractivity contribution in [2.24, 2.45) is 16.7 Å². The molecule has 0 aromatic rings. The van der Waals surface area contributed by atoms with Crippen molar-refractivity contribution in [3.05, 3.63) is 0 Å². The molecular weight excluding hydrogens is 256 g/mol. The van der Waals surface area contributed by atoms with E-state index in [1.807, 2.05) is 20.8 Å². The molecule has 0 spiro atoms. The highest BCUT2D eigenvalue weighted by Gasteiger charge is 2.49. The van der Waals surface area contributed by atoms with Crippen LogP contribution in [0.5, 0.6) is 0 Å². The number of carboxylic acids is 1. The van der Waals surface area contributed by atoms with Gasteiger partial charge in [0.25, 0.3) is 0 Å². The zero-order valence-electron chi connectivity index (χ0n) is 14.0. The minimum Gasteiger partial charge on any atom is -0.481 e. The Labute approximate surface area is 123 Å². The lowest BCUT2D eigenvalue weighted by atomic mass is 9.58. The van der Waals surface area contributed by atoms with Gasteiger partial charge in [0.1, 0.15) is 0 Å². The molecule has 20 heavy (non-hydrogen) atoms. The molecule has 0 aliphatic heterocycles. The number of carbonyl (C=O) groups is 1. The highest BCUT2D eigenvalue weighted by Crippen LogP contribution is 2.48. The van der Waals surface area contributed by atoms with E-state index in [1.165, 1.54) is 0 Å². The third kappa shape index (κ3) is 4.74. The van der Waals surface area contributed by atoms with Crippen molar-refractivity contribution in [3.63, 3.8) is 0 Å². The van der Waals surface area contributed by atoms with Crippen LogP contribution in [0, 0.1) is 16.7 Å². The normalized spacial score (nSPS) is 16.7. The molecule has 4 nitrogen and oxygen atoms in total. The molecule has 0 heterocycles. The van der Waals surface area contributed by atoms with Crippen molar-refractivity contribution in [1.29, 1.82) is 0 Å². The summed E-state index contributed by atoms with van der Waals surface area (Å²) in [5, 5.41) is 9.66. The van der Waals surface area contributed by atoms with Crippen LogP contribution in [0.25, 0.3) is 0 Å². The molecule has 0 saturated heterocycles. The van der Waals surface area contributed by atoms with Crippen LogP contribution in [0.2, 0.25) is 0 Å². The van der Waals surface area contributed by atoms with Gasteiger partial charge >= 0.3 is 5.97 Å². The molecule has 0 aliphatic rings. The van der Waals surface area contributed by atoms with Crippen LogP contribution in [0.15, 0.2) is 0 Å². The smallest absolute Gasteiger partial charge is 0.309 e. The topological polar surface area (TPSA) is 55.8 Å². The molecule has 0 saturated carbocycles. The average Bonchev–Trinajstić information content (AvgIpc) is 2.40. The number of hydrogen-bond acceptors (Lipinski definition) is 3. The Kier molecular flexibility index (Phi) is 8.36. The van der Waals surface area contributed by atoms with E-state index in [-0.39, 0.29) is 5.41 Å². The SMILES string of the molecule is CCCCOOCCC(C)(C(=O)O)C(C)(C)C(C)CC. The van der Waals surface area contributed by atoms with Crippen LogP contribution in [-0.2, 0) is 14.6 Å². The van der Waals surface area contributed by atoms with Crippen LogP contribution in [-0.4, -0.2) is 24.3 Å². The van der Waals surface area contributed by atoms with Gasteiger partial charge < -0.3 is 5.11 Å². The summed E-state index contributed by atoms with van der Waals surface area (Å²) in [4.78, 5) is 21.9. The second-order valence-corrected chi connectivity index (χ2v) is 6.42. The predicted octanol–water partition coefficient (Wildman–Crippen LogP) is 4.29. The Bertz CT molecular complexity index is 288. The van der Waals surface area contributed by atoms with Crippen molar-refractivity contribution in [2.45, 2.75) is 67.2 Å². The first-order valence-electron chi connectivity index (χ1n) is 7.71. The third-order valence-electron chi connectivity index (χ3n) is 5.09. The van der Waals surface area contributed by atoms with E-state index in [1.54, 1.807) is 0 Å². The molecule has 0 rings (SSSR count). The highest BCUT2D eigenvalue weighted by atomic mass is 17.2. The number of hydrogen-bond donors (Lipinski definition) is 1. The molecule has 0 aromatic carbocycles. The molecule has 0 radical (unpaired) electrons. The van der Waals surface area contributed by atoms with Gasteiger partial charge in [0.15, 0.2) is 0 Å². The van der Waals surface area contributed by atoms with Crippen LogP contribution in [0.1, 0.15) is 67.2 Å². The predicted molar refractivity (Wildman–Crippen MR) is 80.4 cm³/mol. The van der Waals surface area contributed by atoms with Crippen LogP contribution in [0.3, 0.4) is 0 Å². The second-order valence-electron chi connectivity index (χ2n) is 6.42. The summed E-state index contributed by atoms with van der Waals surface area (Å²) >= 11 is 0. The van der Waals surface area contributed by atoms with Crippen LogP contribution in [0.4, 0.5) is 0 Å². The number of rotatable bonds is 11. The van der Waals surface area contributed by atoms with Gasteiger partial charge in [-0.05, 0) is 31.1 Å². The molecule has 0 amide bonds. The standard InChI is InChI=1S/C16H32O4/c1-7-9-11-19-20-12-10-16(6,14(17)18)15(4,5)13(3)8-2/h13H,7-12H2,1-6H3,(H,17,18). The first-order chi connectivity index (χ1) is 9.24. The Balaban J connectivity index is 4.58. The van der Waals surface area contributed by atoms with Gasteiger partial charge in [-0.1, -0.05) is 47.5 Å². The van der Waals surface area contributed by atoms with Gasteiger partial charge in [0.2, 0.25) is 0 Å². The first-order valence-corrected chi connectivity index (χ1v) is 7.71. The molecule has 0 fully saturated rings. The quantitative estimate of drug-likeness (QED) is 0.350. The van der Waals surface area contributed by atoms with Gasteiger partial charge in [0, 0.05) is 0 Å². The van der Waals surface area contributed by atoms with Gasteiger partial charge in [0.05, 0.1) is 18.6 Å². The third-order valence-corrected chi connectivity index (χ3v) is 5.09. The summed E-state index contributed by atoms with van der Waals surface area (Å²) in [6.45, 7) is 13.1. The maximum atomic E-state index is 11.8. The molecule has 0 bridgehead atoms. The molecule has 120 valence electrons. The van der Waals surface area contributed by atoms with Crippen molar-refractivity contribution in [3.8, 4) is 0 Å². The van der Waals surface area contributed by atoms with E-state index < -0.39 is 11.4 Å². The Morgan fingerprint density at radius 1 is 1.15 bits per heavy atom. The number of aliphatic carboxylic acids is 1. The van der Waals surface area contributed by atoms with E-state index >= 15 is 0 Å². The van der Waals surface area contributed by atoms with E-state index in [0.29, 0.717) is 25.6 Å². The fourth-order valence-electron chi connectivity index (χ4n) is 2.33. The lowest BCUT2D eigenvalue weighted by Gasteiger charge is -2.45. The largest absolute Gasteiger partial charge is 0.481 e. The summed E-state index contributed by atoms with van der Waals surface area (Å²) in [5.41, 5.74) is -1.13. The van der Waals surface area contributed by atoms with Crippen molar-refractivity contribution < 1.29 is 19.7 Å². The number of unbranched alkanes of at least 4 members (excludes halogenated alkanes) is 1. The minimum absolute atomic E-state index is 0.305. The van der Waals surface area contributed by atoms with Crippen molar-refractivity contribution in [1.82, 2.24) is 0 Å². The highest BCUT2D eigenvalue weighted by molar-refractivity contribution is 5.75. The van der Waals surface area contributed by atoms with E-state index in [9.17, 15) is 9.90 Å². The maximum absolute atomic E-state index is 11.8. The van der Waals surface area contributed by atoms with Crippen molar-refractivity contribution >= 4 is 5.97 Å². The monoisotopic (exact) mass is 288 g/mol. The van der Waals surface area contributed by atoms with Gasteiger partial charge in [-0.15, -0.1) is 0 Å². The van der Waals surface area contributed by atoms with Crippen LogP contribution >= 0.6 is 0 Å². The number of carboxylic acid groups (broad SMARTS) is 1. The molecule has 0 aromatic heterocycles. The Hall–Kier alpha value is -0.610.